The smallest absolute Gasteiger partial charge is 0.237 e. The Morgan fingerprint density at radius 1 is 1.15 bits per heavy atom. The summed E-state index contributed by atoms with van der Waals surface area (Å²) in [6, 6.07) is 15.5. The number of methoxy groups -OCH3 is 1. The van der Waals surface area contributed by atoms with Crippen molar-refractivity contribution in [2.24, 2.45) is 7.05 Å². The summed E-state index contributed by atoms with van der Waals surface area (Å²) in [7, 11) is 3.48. The standard InChI is InChI=1S/C20H22N4O2S/c1-13-9-11-15(12-10-13)18-22-23-20(24(18)3)27-14(2)19(25)21-16-7-5-6-8-17(16)26-4/h5-12,14H,1-4H3,(H,21,25). The minimum absolute atomic E-state index is 0.121. The van der Waals surface area contributed by atoms with Gasteiger partial charge in [-0.3, -0.25) is 4.79 Å². The molecular weight excluding hydrogens is 360 g/mol. The van der Waals surface area contributed by atoms with Crippen LogP contribution in [0.1, 0.15) is 12.5 Å². The first-order valence-electron chi connectivity index (χ1n) is 8.56. The van der Waals surface area contributed by atoms with Crippen molar-refractivity contribution in [3.63, 3.8) is 0 Å². The van der Waals surface area contributed by atoms with Crippen LogP contribution in [-0.2, 0) is 11.8 Å². The van der Waals surface area contributed by atoms with E-state index in [0.717, 1.165) is 11.4 Å². The van der Waals surface area contributed by atoms with Crippen molar-refractivity contribution in [2.75, 3.05) is 12.4 Å². The number of nitrogens with zero attached hydrogens (tertiary/aromatic N) is 3. The molecule has 1 aromatic heterocycles. The van der Waals surface area contributed by atoms with Gasteiger partial charge < -0.3 is 14.6 Å². The Morgan fingerprint density at radius 3 is 2.56 bits per heavy atom. The fraction of sp³-hybridized carbons (Fsp3) is 0.250. The zero-order valence-electron chi connectivity index (χ0n) is 15.8. The van der Waals surface area contributed by atoms with Gasteiger partial charge in [0.05, 0.1) is 18.0 Å². The lowest BCUT2D eigenvalue weighted by molar-refractivity contribution is -0.115. The molecule has 140 valence electrons. The average Bonchev–Trinajstić information content (AvgIpc) is 3.03. The van der Waals surface area contributed by atoms with E-state index in [0.29, 0.717) is 16.6 Å². The number of rotatable bonds is 6. The number of anilines is 1. The Morgan fingerprint density at radius 2 is 1.85 bits per heavy atom. The molecule has 0 bridgehead atoms. The minimum atomic E-state index is -0.344. The van der Waals surface area contributed by atoms with Gasteiger partial charge in [-0.1, -0.05) is 53.7 Å². The Balaban J connectivity index is 1.71. The van der Waals surface area contributed by atoms with Gasteiger partial charge in [-0.15, -0.1) is 10.2 Å². The number of benzene rings is 2. The molecule has 7 heteroatoms. The van der Waals surface area contributed by atoms with E-state index in [4.69, 9.17) is 4.74 Å². The van der Waals surface area contributed by atoms with Crippen molar-refractivity contribution in [3.8, 4) is 17.1 Å². The van der Waals surface area contributed by atoms with Gasteiger partial charge in [0.15, 0.2) is 11.0 Å². The highest BCUT2D eigenvalue weighted by Gasteiger charge is 2.20. The largest absolute Gasteiger partial charge is 0.495 e. The molecule has 2 aromatic carbocycles. The maximum Gasteiger partial charge on any atom is 0.237 e. The van der Waals surface area contributed by atoms with Crippen molar-refractivity contribution < 1.29 is 9.53 Å². The fourth-order valence-electron chi connectivity index (χ4n) is 2.57. The fourth-order valence-corrected chi connectivity index (χ4v) is 3.38. The average molecular weight is 382 g/mol. The Kier molecular flexibility index (Phi) is 5.81. The SMILES string of the molecule is COc1ccccc1NC(=O)C(C)Sc1nnc(-c2ccc(C)cc2)n1C. The van der Waals surface area contributed by atoms with E-state index >= 15 is 0 Å². The van der Waals surface area contributed by atoms with Crippen LogP contribution < -0.4 is 10.1 Å². The molecule has 1 heterocycles. The predicted molar refractivity (Wildman–Crippen MR) is 108 cm³/mol. The highest BCUT2D eigenvalue weighted by molar-refractivity contribution is 8.00. The van der Waals surface area contributed by atoms with Crippen LogP contribution in [0.25, 0.3) is 11.4 Å². The molecular formula is C20H22N4O2S. The number of hydrogen-bond donors (Lipinski definition) is 1. The number of ether oxygens (including phenoxy) is 1. The first-order chi connectivity index (χ1) is 13.0. The van der Waals surface area contributed by atoms with Crippen molar-refractivity contribution in [1.82, 2.24) is 14.8 Å². The van der Waals surface area contributed by atoms with Gasteiger partial charge in [-0.05, 0) is 26.0 Å². The number of hydrogen-bond acceptors (Lipinski definition) is 5. The second-order valence-electron chi connectivity index (χ2n) is 6.18. The summed E-state index contributed by atoms with van der Waals surface area (Å²) in [5.41, 5.74) is 2.83. The number of amides is 1. The van der Waals surface area contributed by atoms with E-state index in [-0.39, 0.29) is 11.2 Å². The van der Waals surface area contributed by atoms with Crippen molar-refractivity contribution in [2.45, 2.75) is 24.3 Å². The first-order valence-corrected chi connectivity index (χ1v) is 9.44. The third kappa shape index (κ3) is 4.31. The lowest BCUT2D eigenvalue weighted by Gasteiger charge is -2.13. The van der Waals surface area contributed by atoms with E-state index in [1.165, 1.54) is 17.3 Å². The highest BCUT2D eigenvalue weighted by Crippen LogP contribution is 2.28. The molecule has 0 saturated carbocycles. The molecule has 1 unspecified atom stereocenters. The van der Waals surface area contributed by atoms with Gasteiger partial charge in [0.25, 0.3) is 0 Å². The molecule has 1 N–H and O–H groups in total. The quantitative estimate of drug-likeness (QED) is 0.655. The Labute approximate surface area is 163 Å². The molecule has 1 atom stereocenters. The zero-order valence-corrected chi connectivity index (χ0v) is 16.6. The molecule has 27 heavy (non-hydrogen) atoms. The molecule has 0 aliphatic heterocycles. The maximum atomic E-state index is 12.6. The Hall–Kier alpha value is -2.80. The Bertz CT molecular complexity index is 937. The molecule has 0 radical (unpaired) electrons. The van der Waals surface area contributed by atoms with E-state index in [9.17, 15) is 4.79 Å². The molecule has 3 aromatic rings. The second-order valence-corrected chi connectivity index (χ2v) is 7.49. The van der Waals surface area contributed by atoms with E-state index in [1.807, 2.05) is 74.0 Å². The highest BCUT2D eigenvalue weighted by atomic mass is 32.2. The van der Waals surface area contributed by atoms with Gasteiger partial charge in [0.2, 0.25) is 5.91 Å². The lowest BCUT2D eigenvalue weighted by atomic mass is 10.1. The second kappa shape index (κ2) is 8.26. The van der Waals surface area contributed by atoms with E-state index in [1.54, 1.807) is 7.11 Å². The molecule has 6 nitrogen and oxygen atoms in total. The molecule has 3 rings (SSSR count). The van der Waals surface area contributed by atoms with Crippen LogP contribution in [0.4, 0.5) is 5.69 Å². The molecule has 0 aliphatic carbocycles. The van der Waals surface area contributed by atoms with Crippen LogP contribution in [0.2, 0.25) is 0 Å². The maximum absolute atomic E-state index is 12.6. The third-order valence-corrected chi connectivity index (χ3v) is 5.29. The van der Waals surface area contributed by atoms with Crippen molar-refractivity contribution in [3.05, 3.63) is 54.1 Å². The van der Waals surface area contributed by atoms with Gasteiger partial charge in [0.1, 0.15) is 5.75 Å². The van der Waals surface area contributed by atoms with Gasteiger partial charge in [-0.2, -0.15) is 0 Å². The van der Waals surface area contributed by atoms with Crippen LogP contribution in [0, 0.1) is 6.92 Å². The number of carbonyl (C=O) groups excluding carboxylic acids is 1. The van der Waals surface area contributed by atoms with Crippen molar-refractivity contribution >= 4 is 23.4 Å². The summed E-state index contributed by atoms with van der Waals surface area (Å²) in [5.74, 6) is 1.28. The summed E-state index contributed by atoms with van der Waals surface area (Å²) in [5, 5.41) is 11.8. The van der Waals surface area contributed by atoms with E-state index in [2.05, 4.69) is 15.5 Å². The summed E-state index contributed by atoms with van der Waals surface area (Å²) in [6.07, 6.45) is 0. The third-order valence-electron chi connectivity index (χ3n) is 4.16. The van der Waals surface area contributed by atoms with Gasteiger partial charge in [-0.25, -0.2) is 0 Å². The van der Waals surface area contributed by atoms with Crippen LogP contribution in [0.3, 0.4) is 0 Å². The van der Waals surface area contributed by atoms with Gasteiger partial charge in [0, 0.05) is 12.6 Å². The summed E-state index contributed by atoms with van der Waals surface area (Å²) >= 11 is 1.37. The van der Waals surface area contributed by atoms with Crippen molar-refractivity contribution in [1.29, 1.82) is 0 Å². The molecule has 0 fully saturated rings. The molecule has 0 aliphatic rings. The number of thioether (sulfide) groups is 1. The summed E-state index contributed by atoms with van der Waals surface area (Å²) in [4.78, 5) is 12.6. The lowest BCUT2D eigenvalue weighted by Crippen LogP contribution is -2.23. The number of aryl methyl sites for hydroxylation is 1. The number of carbonyl (C=O) groups is 1. The van der Waals surface area contributed by atoms with Gasteiger partial charge >= 0.3 is 0 Å². The number of aromatic nitrogens is 3. The zero-order chi connectivity index (χ0) is 19.4. The van der Waals surface area contributed by atoms with E-state index < -0.39 is 0 Å². The van der Waals surface area contributed by atoms with Crippen LogP contribution in [-0.4, -0.2) is 33.0 Å². The number of nitrogens with one attached hydrogen (secondary N) is 1. The minimum Gasteiger partial charge on any atom is -0.495 e. The summed E-state index contributed by atoms with van der Waals surface area (Å²) < 4.78 is 7.18. The normalized spacial score (nSPS) is 11.9. The first kappa shape index (κ1) is 19.0. The molecule has 1 amide bonds. The predicted octanol–water partition coefficient (Wildman–Crippen LogP) is 3.92. The number of para-hydroxylation sites is 2. The molecule has 0 saturated heterocycles. The molecule has 0 spiro atoms. The topological polar surface area (TPSA) is 69.0 Å². The van der Waals surface area contributed by atoms with Crippen LogP contribution >= 0.6 is 11.8 Å². The monoisotopic (exact) mass is 382 g/mol. The summed E-state index contributed by atoms with van der Waals surface area (Å²) in [6.45, 7) is 3.89. The van der Waals surface area contributed by atoms with Crippen LogP contribution in [0.15, 0.2) is 53.7 Å². The van der Waals surface area contributed by atoms with Crippen LogP contribution in [0.5, 0.6) is 5.75 Å².